The zero-order valence-corrected chi connectivity index (χ0v) is 8.52. The Labute approximate surface area is 79.7 Å². The van der Waals surface area contributed by atoms with E-state index in [4.69, 9.17) is 4.74 Å². The number of carbonyl (C=O) groups is 1. The van der Waals surface area contributed by atoms with E-state index in [-0.39, 0.29) is 0 Å². The van der Waals surface area contributed by atoms with Crippen LogP contribution in [-0.2, 0) is 9.53 Å². The minimum atomic E-state index is -0.425. The molecule has 0 radical (unpaired) electrons. The molecule has 72 valence electrons. The van der Waals surface area contributed by atoms with Gasteiger partial charge in [0.1, 0.15) is 5.60 Å². The topological polar surface area (TPSA) is 26.3 Å². The van der Waals surface area contributed by atoms with Crippen LogP contribution in [-0.4, -0.2) is 11.6 Å². The van der Waals surface area contributed by atoms with Crippen molar-refractivity contribution in [1.29, 1.82) is 0 Å². The predicted octanol–water partition coefficient (Wildman–Crippen LogP) is 2.13. The van der Waals surface area contributed by atoms with Crippen molar-refractivity contribution in [2.75, 3.05) is 0 Å². The van der Waals surface area contributed by atoms with Gasteiger partial charge >= 0.3 is 5.97 Å². The van der Waals surface area contributed by atoms with Gasteiger partial charge < -0.3 is 4.74 Å². The smallest absolute Gasteiger partial charge is 0.384 e. The van der Waals surface area contributed by atoms with Crippen molar-refractivity contribution in [2.24, 2.45) is 5.92 Å². The number of esters is 1. The van der Waals surface area contributed by atoms with E-state index < -0.39 is 11.6 Å². The summed E-state index contributed by atoms with van der Waals surface area (Å²) < 4.78 is 5.04. The van der Waals surface area contributed by atoms with Crippen LogP contribution in [0.1, 0.15) is 40.0 Å². The summed E-state index contributed by atoms with van der Waals surface area (Å²) >= 11 is 0. The molecule has 0 aromatic rings. The van der Waals surface area contributed by atoms with E-state index in [1.807, 2.05) is 20.8 Å². The van der Waals surface area contributed by atoms with Gasteiger partial charge in [0.25, 0.3) is 0 Å². The third kappa shape index (κ3) is 3.98. The first-order valence-corrected chi connectivity index (χ1v) is 4.72. The van der Waals surface area contributed by atoms with Gasteiger partial charge in [-0.1, -0.05) is 12.3 Å². The van der Waals surface area contributed by atoms with Gasteiger partial charge in [-0.05, 0) is 33.6 Å². The maximum atomic E-state index is 11.1. The van der Waals surface area contributed by atoms with E-state index >= 15 is 0 Å². The summed E-state index contributed by atoms with van der Waals surface area (Å²) in [6, 6.07) is 0. The summed E-state index contributed by atoms with van der Waals surface area (Å²) in [5, 5.41) is 0. The maximum absolute atomic E-state index is 11.1. The highest BCUT2D eigenvalue weighted by molar-refractivity contribution is 5.88. The van der Waals surface area contributed by atoms with Crippen LogP contribution in [0.15, 0.2) is 0 Å². The lowest BCUT2D eigenvalue weighted by molar-refractivity contribution is -0.147. The molecule has 1 fully saturated rings. The number of rotatable bonds is 0. The molecule has 13 heavy (non-hydrogen) atoms. The quantitative estimate of drug-likeness (QED) is 0.324. The van der Waals surface area contributed by atoms with E-state index in [0.717, 1.165) is 12.8 Å². The molecule has 0 saturated heterocycles. The second-order valence-corrected chi connectivity index (χ2v) is 4.40. The average molecular weight is 180 g/mol. The molecule has 0 aromatic heterocycles. The van der Waals surface area contributed by atoms with Crippen molar-refractivity contribution in [3.63, 3.8) is 0 Å². The fraction of sp³-hybridized carbons (Fsp3) is 0.727. The fourth-order valence-electron chi connectivity index (χ4n) is 1.02. The van der Waals surface area contributed by atoms with Gasteiger partial charge in [-0.3, -0.25) is 0 Å². The zero-order valence-electron chi connectivity index (χ0n) is 8.52. The highest BCUT2D eigenvalue weighted by atomic mass is 16.6. The Morgan fingerprint density at radius 1 is 1.38 bits per heavy atom. The van der Waals surface area contributed by atoms with Crippen LogP contribution in [0, 0.1) is 17.8 Å². The maximum Gasteiger partial charge on any atom is 0.384 e. The molecule has 0 N–H and O–H groups in total. The number of ether oxygens (including phenoxy) is 1. The van der Waals surface area contributed by atoms with Crippen molar-refractivity contribution in [3.8, 4) is 11.8 Å². The minimum Gasteiger partial charge on any atom is -0.450 e. The molecule has 2 heteroatoms. The van der Waals surface area contributed by atoms with Gasteiger partial charge in [0.05, 0.1) is 0 Å². The average Bonchev–Trinajstić information content (AvgIpc) is 1.78. The molecule has 0 aromatic carbocycles. The second-order valence-electron chi connectivity index (χ2n) is 4.40. The Kier molecular flexibility index (Phi) is 2.98. The van der Waals surface area contributed by atoms with Gasteiger partial charge in [0, 0.05) is 11.8 Å². The Balaban J connectivity index is 2.34. The molecule has 0 heterocycles. The molecule has 0 aliphatic heterocycles. The first kappa shape index (κ1) is 10.1. The molecule has 0 unspecified atom stereocenters. The lowest BCUT2D eigenvalue weighted by atomic mass is 9.86. The third-order valence-corrected chi connectivity index (χ3v) is 1.88. The molecular formula is C11H16O2. The molecular weight excluding hydrogens is 164 g/mol. The highest BCUT2D eigenvalue weighted by Crippen LogP contribution is 2.24. The minimum absolute atomic E-state index is 0.403. The summed E-state index contributed by atoms with van der Waals surface area (Å²) in [4.78, 5) is 11.1. The van der Waals surface area contributed by atoms with Gasteiger partial charge in [-0.25, -0.2) is 4.79 Å². The molecule has 1 rings (SSSR count). The van der Waals surface area contributed by atoms with Gasteiger partial charge in [-0.15, -0.1) is 0 Å². The Morgan fingerprint density at radius 3 is 2.38 bits per heavy atom. The van der Waals surface area contributed by atoms with E-state index in [0.29, 0.717) is 5.92 Å². The van der Waals surface area contributed by atoms with Crippen molar-refractivity contribution in [3.05, 3.63) is 0 Å². The molecule has 1 saturated carbocycles. The predicted molar refractivity (Wildman–Crippen MR) is 51.0 cm³/mol. The molecule has 0 spiro atoms. The van der Waals surface area contributed by atoms with Crippen molar-refractivity contribution >= 4 is 5.97 Å². The van der Waals surface area contributed by atoms with Crippen LogP contribution in [0.5, 0.6) is 0 Å². The highest BCUT2D eigenvalue weighted by Gasteiger charge is 2.16. The Bertz CT molecular complexity index is 245. The fourth-order valence-corrected chi connectivity index (χ4v) is 1.02. The van der Waals surface area contributed by atoms with Crippen LogP contribution in [0.2, 0.25) is 0 Å². The second kappa shape index (κ2) is 3.83. The monoisotopic (exact) mass is 180 g/mol. The Hall–Kier alpha value is -0.970. The van der Waals surface area contributed by atoms with E-state index in [1.165, 1.54) is 6.42 Å². The van der Waals surface area contributed by atoms with Gasteiger partial charge in [0.15, 0.2) is 0 Å². The lowest BCUT2D eigenvalue weighted by Gasteiger charge is -2.19. The standard InChI is InChI=1S/C11H16O2/c1-11(2,3)13-10(12)8-7-9-5-4-6-9/h9H,4-6H2,1-3H3. The summed E-state index contributed by atoms with van der Waals surface area (Å²) in [7, 11) is 0. The SMILES string of the molecule is CC(C)(C)OC(=O)C#CC1CCC1. The summed E-state index contributed by atoms with van der Waals surface area (Å²) in [5.41, 5.74) is -0.425. The van der Waals surface area contributed by atoms with E-state index in [9.17, 15) is 4.79 Å². The molecule has 0 bridgehead atoms. The van der Waals surface area contributed by atoms with E-state index in [1.54, 1.807) is 0 Å². The van der Waals surface area contributed by atoms with Crippen LogP contribution in [0.4, 0.5) is 0 Å². The molecule has 0 atom stereocenters. The largest absolute Gasteiger partial charge is 0.450 e. The zero-order chi connectivity index (χ0) is 9.90. The normalized spacial score (nSPS) is 16.8. The molecule has 0 amide bonds. The van der Waals surface area contributed by atoms with Crippen LogP contribution in [0.3, 0.4) is 0 Å². The summed E-state index contributed by atoms with van der Waals surface area (Å²) in [6.45, 7) is 5.53. The first-order chi connectivity index (χ1) is 5.97. The Morgan fingerprint density at radius 2 is 2.00 bits per heavy atom. The molecule has 1 aliphatic carbocycles. The summed E-state index contributed by atoms with van der Waals surface area (Å²) in [6.07, 6.45) is 3.51. The van der Waals surface area contributed by atoms with Crippen LogP contribution < -0.4 is 0 Å². The van der Waals surface area contributed by atoms with Crippen LogP contribution in [0.25, 0.3) is 0 Å². The van der Waals surface area contributed by atoms with Crippen LogP contribution >= 0.6 is 0 Å². The van der Waals surface area contributed by atoms with Crippen molar-refractivity contribution in [1.82, 2.24) is 0 Å². The van der Waals surface area contributed by atoms with Crippen molar-refractivity contribution < 1.29 is 9.53 Å². The summed E-state index contributed by atoms with van der Waals surface area (Å²) in [5.74, 6) is 5.48. The van der Waals surface area contributed by atoms with Gasteiger partial charge in [0.2, 0.25) is 0 Å². The number of hydrogen-bond donors (Lipinski definition) is 0. The number of carbonyl (C=O) groups excluding carboxylic acids is 1. The first-order valence-electron chi connectivity index (χ1n) is 4.72. The third-order valence-electron chi connectivity index (χ3n) is 1.88. The molecule has 1 aliphatic rings. The molecule has 2 nitrogen and oxygen atoms in total. The van der Waals surface area contributed by atoms with Crippen molar-refractivity contribution in [2.45, 2.75) is 45.6 Å². The number of hydrogen-bond acceptors (Lipinski definition) is 2. The lowest BCUT2D eigenvalue weighted by Crippen LogP contribution is -2.23. The van der Waals surface area contributed by atoms with E-state index in [2.05, 4.69) is 11.8 Å². The van der Waals surface area contributed by atoms with Gasteiger partial charge in [-0.2, -0.15) is 0 Å².